The zero-order chi connectivity index (χ0) is 20.9. The van der Waals surface area contributed by atoms with Crippen LogP contribution in [-0.4, -0.2) is 58.3 Å². The summed E-state index contributed by atoms with van der Waals surface area (Å²) in [4.78, 5) is 16.8. The van der Waals surface area contributed by atoms with Gasteiger partial charge in [-0.15, -0.1) is 0 Å². The van der Waals surface area contributed by atoms with E-state index in [0.717, 1.165) is 37.6 Å². The molecule has 0 bridgehead atoms. The predicted molar refractivity (Wildman–Crippen MR) is 115 cm³/mol. The molecule has 1 amide bonds. The number of carbonyl (C=O) groups excluding carboxylic acids is 1. The highest BCUT2D eigenvalue weighted by Gasteiger charge is 2.19. The van der Waals surface area contributed by atoms with E-state index in [4.69, 9.17) is 4.74 Å². The van der Waals surface area contributed by atoms with Crippen molar-refractivity contribution in [1.82, 2.24) is 4.90 Å². The van der Waals surface area contributed by atoms with Crippen LogP contribution in [0.25, 0.3) is 0 Å². The summed E-state index contributed by atoms with van der Waals surface area (Å²) in [6.45, 7) is 5.21. The van der Waals surface area contributed by atoms with E-state index < -0.39 is 10.0 Å². The summed E-state index contributed by atoms with van der Waals surface area (Å²) in [5.41, 5.74) is 2.78. The molecule has 2 aromatic carbocycles. The van der Waals surface area contributed by atoms with E-state index in [9.17, 15) is 13.2 Å². The van der Waals surface area contributed by atoms with E-state index in [1.54, 1.807) is 43.1 Å². The number of nitrogens with zero attached hydrogens (tertiary/aromatic N) is 2. The van der Waals surface area contributed by atoms with Gasteiger partial charge in [0, 0.05) is 32.4 Å². The number of hydrogen-bond donors (Lipinski definition) is 1. The normalized spacial score (nSPS) is 14.5. The van der Waals surface area contributed by atoms with Crippen LogP contribution in [0.15, 0.2) is 48.5 Å². The third kappa shape index (κ3) is 5.48. The molecule has 1 N–H and O–H groups in total. The van der Waals surface area contributed by atoms with Gasteiger partial charge in [-0.2, -0.15) is 0 Å². The maximum absolute atomic E-state index is 12.9. The molecule has 8 heteroatoms. The topological polar surface area (TPSA) is 79.0 Å². The van der Waals surface area contributed by atoms with Crippen molar-refractivity contribution in [1.29, 1.82) is 0 Å². The highest BCUT2D eigenvalue weighted by Crippen LogP contribution is 2.21. The van der Waals surface area contributed by atoms with Gasteiger partial charge in [0.25, 0.3) is 5.91 Å². The van der Waals surface area contributed by atoms with Crippen molar-refractivity contribution in [3.8, 4) is 0 Å². The maximum Gasteiger partial charge on any atom is 0.256 e. The van der Waals surface area contributed by atoms with Crippen LogP contribution in [0.3, 0.4) is 0 Å². The molecule has 2 aromatic rings. The summed E-state index contributed by atoms with van der Waals surface area (Å²) in [6, 6.07) is 14.8. The number of carbonyl (C=O) groups is 1. The first-order valence-corrected chi connectivity index (χ1v) is 11.3. The molecule has 0 radical (unpaired) electrons. The molecule has 0 saturated carbocycles. The lowest BCUT2D eigenvalue weighted by molar-refractivity contribution is 0.0786. The summed E-state index contributed by atoms with van der Waals surface area (Å²) in [6.07, 6.45) is 0. The number of para-hydroxylation sites is 1. The van der Waals surface area contributed by atoms with Crippen molar-refractivity contribution < 1.29 is 17.9 Å². The number of hydrogen-bond acceptors (Lipinski definition) is 5. The second kappa shape index (κ2) is 9.28. The fraction of sp³-hybridized carbons (Fsp3) is 0.381. The molecule has 3 rings (SSSR count). The number of benzene rings is 2. The van der Waals surface area contributed by atoms with Crippen molar-refractivity contribution in [2.45, 2.75) is 13.5 Å². The fourth-order valence-electron chi connectivity index (χ4n) is 3.18. The summed E-state index contributed by atoms with van der Waals surface area (Å²) < 4.78 is 31.7. The highest BCUT2D eigenvalue weighted by molar-refractivity contribution is 7.92. The van der Waals surface area contributed by atoms with Crippen molar-refractivity contribution in [3.63, 3.8) is 0 Å². The van der Waals surface area contributed by atoms with Crippen LogP contribution in [0.5, 0.6) is 0 Å². The number of amides is 1. The van der Waals surface area contributed by atoms with Crippen LogP contribution in [0, 0.1) is 0 Å². The summed E-state index contributed by atoms with van der Waals surface area (Å²) >= 11 is 0. The summed E-state index contributed by atoms with van der Waals surface area (Å²) in [5.74, 6) is -0.294. The second-order valence-electron chi connectivity index (χ2n) is 6.98. The minimum atomic E-state index is -3.46. The van der Waals surface area contributed by atoms with Crippen molar-refractivity contribution in [2.75, 3.05) is 48.7 Å². The first kappa shape index (κ1) is 21.1. The van der Waals surface area contributed by atoms with Gasteiger partial charge in [-0.3, -0.25) is 9.52 Å². The minimum Gasteiger partial charge on any atom is -0.378 e. The Morgan fingerprint density at radius 3 is 2.41 bits per heavy atom. The molecule has 7 nitrogen and oxygen atoms in total. The molecule has 29 heavy (non-hydrogen) atoms. The molecule has 1 fully saturated rings. The Hall–Kier alpha value is -2.58. The van der Waals surface area contributed by atoms with E-state index in [0.29, 0.717) is 17.8 Å². The highest BCUT2D eigenvalue weighted by atomic mass is 32.2. The summed E-state index contributed by atoms with van der Waals surface area (Å²) in [5, 5.41) is 0. The molecule has 0 aromatic heterocycles. The molecule has 0 atom stereocenters. The Labute approximate surface area is 172 Å². The third-order valence-electron chi connectivity index (χ3n) is 4.88. The lowest BCUT2D eigenvalue weighted by Gasteiger charge is -2.29. The molecule has 1 saturated heterocycles. The standard InChI is InChI=1S/C21H27N3O4S/c1-3-29(26,27)22-20-7-5-4-6-19(20)21(25)23(2)16-17-8-10-18(11-9-17)24-12-14-28-15-13-24/h4-11,22H,3,12-16H2,1-2H3. The van der Waals surface area contributed by atoms with Gasteiger partial charge in [-0.25, -0.2) is 8.42 Å². The Bertz CT molecular complexity index is 939. The Morgan fingerprint density at radius 1 is 1.10 bits per heavy atom. The van der Waals surface area contributed by atoms with E-state index in [2.05, 4.69) is 21.8 Å². The zero-order valence-corrected chi connectivity index (χ0v) is 17.6. The van der Waals surface area contributed by atoms with Gasteiger partial charge in [0.2, 0.25) is 10.0 Å². The van der Waals surface area contributed by atoms with E-state index in [-0.39, 0.29) is 11.7 Å². The molecule has 1 aliphatic rings. The number of morpholine rings is 1. The van der Waals surface area contributed by atoms with Gasteiger partial charge in [-0.05, 0) is 36.8 Å². The van der Waals surface area contributed by atoms with Gasteiger partial charge in [0.05, 0.1) is 30.2 Å². The number of rotatable bonds is 7. The number of anilines is 2. The quantitative estimate of drug-likeness (QED) is 0.749. The predicted octanol–water partition coefficient (Wildman–Crippen LogP) is 2.56. The lowest BCUT2D eigenvalue weighted by atomic mass is 10.1. The maximum atomic E-state index is 12.9. The Balaban J connectivity index is 1.69. The van der Waals surface area contributed by atoms with Gasteiger partial charge in [0.1, 0.15) is 0 Å². The summed E-state index contributed by atoms with van der Waals surface area (Å²) in [7, 11) is -1.75. The minimum absolute atomic E-state index is 0.0547. The van der Waals surface area contributed by atoms with Gasteiger partial charge >= 0.3 is 0 Å². The van der Waals surface area contributed by atoms with E-state index >= 15 is 0 Å². The van der Waals surface area contributed by atoms with Crippen LogP contribution in [-0.2, 0) is 21.3 Å². The number of nitrogens with one attached hydrogen (secondary N) is 1. The van der Waals surface area contributed by atoms with Crippen LogP contribution in [0.4, 0.5) is 11.4 Å². The van der Waals surface area contributed by atoms with Gasteiger partial charge in [-0.1, -0.05) is 24.3 Å². The number of ether oxygens (including phenoxy) is 1. The van der Waals surface area contributed by atoms with Crippen LogP contribution in [0.2, 0.25) is 0 Å². The monoisotopic (exact) mass is 417 g/mol. The third-order valence-corrected chi connectivity index (χ3v) is 6.17. The fourth-order valence-corrected chi connectivity index (χ4v) is 3.84. The van der Waals surface area contributed by atoms with Crippen LogP contribution < -0.4 is 9.62 Å². The molecule has 0 unspecified atom stereocenters. The number of sulfonamides is 1. The smallest absolute Gasteiger partial charge is 0.256 e. The van der Waals surface area contributed by atoms with Gasteiger partial charge in [0.15, 0.2) is 0 Å². The van der Waals surface area contributed by atoms with Crippen molar-refractivity contribution in [2.24, 2.45) is 0 Å². The first-order valence-electron chi connectivity index (χ1n) is 9.66. The van der Waals surface area contributed by atoms with Crippen molar-refractivity contribution in [3.05, 3.63) is 59.7 Å². The molecule has 156 valence electrons. The van der Waals surface area contributed by atoms with Gasteiger partial charge < -0.3 is 14.5 Å². The lowest BCUT2D eigenvalue weighted by Crippen LogP contribution is -2.36. The molecule has 1 aliphatic heterocycles. The average Bonchev–Trinajstić information content (AvgIpc) is 2.74. The SMILES string of the molecule is CCS(=O)(=O)Nc1ccccc1C(=O)N(C)Cc1ccc(N2CCOCC2)cc1. The van der Waals surface area contributed by atoms with Crippen LogP contribution in [0.1, 0.15) is 22.8 Å². The Kier molecular flexibility index (Phi) is 6.76. The zero-order valence-electron chi connectivity index (χ0n) is 16.8. The van der Waals surface area contributed by atoms with E-state index in [1.165, 1.54) is 0 Å². The average molecular weight is 418 g/mol. The molecule has 1 heterocycles. The van der Waals surface area contributed by atoms with Crippen LogP contribution >= 0.6 is 0 Å². The second-order valence-corrected chi connectivity index (χ2v) is 8.99. The Morgan fingerprint density at radius 2 is 1.76 bits per heavy atom. The first-order chi connectivity index (χ1) is 13.9. The van der Waals surface area contributed by atoms with E-state index in [1.807, 2.05) is 12.1 Å². The molecule has 0 aliphatic carbocycles. The molecular weight excluding hydrogens is 390 g/mol. The molecular formula is C21H27N3O4S. The van der Waals surface area contributed by atoms with Crippen molar-refractivity contribution >= 4 is 27.3 Å². The largest absolute Gasteiger partial charge is 0.378 e. The molecule has 0 spiro atoms.